The number of thiazole rings is 1. The van der Waals surface area contributed by atoms with E-state index in [4.69, 9.17) is 0 Å². The lowest BCUT2D eigenvalue weighted by Crippen LogP contribution is -2.35. The molecule has 0 radical (unpaired) electrons. The Bertz CT molecular complexity index is 431. The maximum atomic E-state index is 11.1. The van der Waals surface area contributed by atoms with Crippen LogP contribution in [0.1, 0.15) is 61.8 Å². The number of aromatic nitrogens is 1. The van der Waals surface area contributed by atoms with E-state index in [0.717, 1.165) is 46.9 Å². The fraction of sp³-hybridized carbons (Fsp3) is 0.733. The molecule has 0 aromatic carbocycles. The predicted molar refractivity (Wildman–Crippen MR) is 81.4 cm³/mol. The van der Waals surface area contributed by atoms with Crippen molar-refractivity contribution in [3.63, 3.8) is 0 Å². The molecule has 1 saturated heterocycles. The smallest absolute Gasteiger partial charge is 0.186 e. The highest BCUT2D eigenvalue weighted by Crippen LogP contribution is 2.33. The standard InChI is InChI=1S/C15H24N2OS/c1-10(2)12-5-7-17(8-6-12)15-16-14(11(3)4)13(9-18)19-15/h9-12H,5-8H2,1-4H3. The van der Waals surface area contributed by atoms with Crippen LogP contribution in [0.4, 0.5) is 5.13 Å². The summed E-state index contributed by atoms with van der Waals surface area (Å²) in [5, 5.41) is 1.04. The summed E-state index contributed by atoms with van der Waals surface area (Å²) in [5.74, 6) is 1.93. The van der Waals surface area contributed by atoms with Gasteiger partial charge in [-0.25, -0.2) is 4.98 Å². The lowest BCUT2D eigenvalue weighted by molar-refractivity contribution is 0.112. The molecule has 106 valence electrons. The lowest BCUT2D eigenvalue weighted by Gasteiger charge is -2.33. The van der Waals surface area contributed by atoms with Crippen LogP contribution in [0.5, 0.6) is 0 Å². The van der Waals surface area contributed by atoms with E-state index >= 15 is 0 Å². The van der Waals surface area contributed by atoms with Crippen LogP contribution in [-0.4, -0.2) is 24.4 Å². The molecule has 1 aliphatic rings. The molecule has 4 heteroatoms. The Morgan fingerprint density at radius 2 is 1.89 bits per heavy atom. The minimum atomic E-state index is 0.318. The van der Waals surface area contributed by atoms with Gasteiger partial charge in [0.25, 0.3) is 0 Å². The topological polar surface area (TPSA) is 33.2 Å². The highest BCUT2D eigenvalue weighted by atomic mass is 32.1. The predicted octanol–water partition coefficient (Wildman–Crippen LogP) is 3.95. The van der Waals surface area contributed by atoms with Crippen LogP contribution in [-0.2, 0) is 0 Å². The molecule has 0 aliphatic carbocycles. The Morgan fingerprint density at radius 3 is 2.32 bits per heavy atom. The third kappa shape index (κ3) is 3.16. The van der Waals surface area contributed by atoms with Crippen LogP contribution < -0.4 is 4.90 Å². The van der Waals surface area contributed by atoms with Gasteiger partial charge in [-0.1, -0.05) is 39.0 Å². The summed E-state index contributed by atoms with van der Waals surface area (Å²) in [6.07, 6.45) is 3.44. The van der Waals surface area contributed by atoms with Gasteiger partial charge in [0, 0.05) is 13.1 Å². The van der Waals surface area contributed by atoms with Crippen molar-refractivity contribution in [2.24, 2.45) is 11.8 Å². The minimum Gasteiger partial charge on any atom is -0.348 e. The van der Waals surface area contributed by atoms with Crippen molar-refractivity contribution in [1.82, 2.24) is 4.98 Å². The maximum Gasteiger partial charge on any atom is 0.186 e. The van der Waals surface area contributed by atoms with E-state index in [0.29, 0.717) is 5.92 Å². The van der Waals surface area contributed by atoms with Gasteiger partial charge in [-0.05, 0) is 30.6 Å². The van der Waals surface area contributed by atoms with Gasteiger partial charge in [-0.2, -0.15) is 0 Å². The van der Waals surface area contributed by atoms with E-state index in [1.54, 1.807) is 11.3 Å². The van der Waals surface area contributed by atoms with Gasteiger partial charge in [0.2, 0.25) is 0 Å². The van der Waals surface area contributed by atoms with Gasteiger partial charge in [0.15, 0.2) is 11.4 Å². The van der Waals surface area contributed by atoms with Crippen molar-refractivity contribution in [3.05, 3.63) is 10.6 Å². The molecule has 1 fully saturated rings. The number of nitrogens with zero attached hydrogens (tertiary/aromatic N) is 2. The summed E-state index contributed by atoms with van der Waals surface area (Å²) >= 11 is 1.55. The first kappa shape index (κ1) is 14.5. The zero-order valence-electron chi connectivity index (χ0n) is 12.3. The van der Waals surface area contributed by atoms with Crippen molar-refractivity contribution >= 4 is 22.8 Å². The molecule has 0 atom stereocenters. The average Bonchev–Trinajstić information content (AvgIpc) is 2.83. The molecule has 2 heterocycles. The Balaban J connectivity index is 2.09. The van der Waals surface area contributed by atoms with Crippen molar-refractivity contribution < 1.29 is 4.79 Å². The summed E-state index contributed by atoms with van der Waals surface area (Å²) in [5.41, 5.74) is 0.959. The van der Waals surface area contributed by atoms with E-state index in [2.05, 4.69) is 37.6 Å². The third-order valence-electron chi connectivity index (χ3n) is 4.08. The van der Waals surface area contributed by atoms with E-state index < -0.39 is 0 Å². The van der Waals surface area contributed by atoms with E-state index in [1.807, 2.05) is 0 Å². The number of hydrogen-bond donors (Lipinski definition) is 0. The molecular weight excluding hydrogens is 256 g/mol. The van der Waals surface area contributed by atoms with Crippen molar-refractivity contribution in [1.29, 1.82) is 0 Å². The Kier molecular flexibility index (Phi) is 4.61. The second-order valence-corrected chi connectivity index (χ2v) is 7.10. The molecule has 19 heavy (non-hydrogen) atoms. The second kappa shape index (κ2) is 6.04. The van der Waals surface area contributed by atoms with E-state index in [9.17, 15) is 4.79 Å². The molecule has 1 aliphatic heterocycles. The zero-order chi connectivity index (χ0) is 14.0. The van der Waals surface area contributed by atoms with Crippen LogP contribution >= 0.6 is 11.3 Å². The van der Waals surface area contributed by atoms with Gasteiger partial charge in [0.05, 0.1) is 10.6 Å². The van der Waals surface area contributed by atoms with Gasteiger partial charge in [0.1, 0.15) is 0 Å². The summed E-state index contributed by atoms with van der Waals surface area (Å²) in [6.45, 7) is 11.0. The molecule has 0 amide bonds. The fourth-order valence-electron chi connectivity index (χ4n) is 2.72. The van der Waals surface area contributed by atoms with Crippen LogP contribution in [0.15, 0.2) is 0 Å². The quantitative estimate of drug-likeness (QED) is 0.783. The number of anilines is 1. The van der Waals surface area contributed by atoms with E-state index in [-0.39, 0.29) is 0 Å². The second-order valence-electron chi connectivity index (χ2n) is 6.09. The molecule has 0 N–H and O–H groups in total. The Morgan fingerprint density at radius 1 is 1.26 bits per heavy atom. The molecule has 1 aromatic heterocycles. The maximum absolute atomic E-state index is 11.1. The number of carbonyl (C=O) groups excluding carboxylic acids is 1. The molecule has 0 spiro atoms. The summed E-state index contributed by atoms with van der Waals surface area (Å²) in [6, 6.07) is 0. The molecule has 1 aromatic rings. The van der Waals surface area contributed by atoms with Crippen molar-refractivity contribution in [3.8, 4) is 0 Å². The third-order valence-corrected chi connectivity index (χ3v) is 5.13. The van der Waals surface area contributed by atoms with Gasteiger partial charge in [-0.3, -0.25) is 4.79 Å². The summed E-state index contributed by atoms with van der Waals surface area (Å²) < 4.78 is 0. The Hall–Kier alpha value is -0.900. The van der Waals surface area contributed by atoms with Gasteiger partial charge < -0.3 is 4.90 Å². The van der Waals surface area contributed by atoms with Gasteiger partial charge in [-0.15, -0.1) is 0 Å². The first-order chi connectivity index (χ1) is 9.02. The van der Waals surface area contributed by atoms with Crippen LogP contribution in [0.3, 0.4) is 0 Å². The SMILES string of the molecule is CC(C)c1nc(N2CCC(C(C)C)CC2)sc1C=O. The summed E-state index contributed by atoms with van der Waals surface area (Å²) in [7, 11) is 0. The number of aldehydes is 1. The number of carbonyl (C=O) groups is 1. The molecular formula is C15H24N2OS. The largest absolute Gasteiger partial charge is 0.348 e. The van der Waals surface area contributed by atoms with E-state index in [1.165, 1.54) is 12.8 Å². The highest BCUT2D eigenvalue weighted by molar-refractivity contribution is 7.17. The van der Waals surface area contributed by atoms with Crippen molar-refractivity contribution in [2.45, 2.75) is 46.5 Å². The molecule has 3 nitrogen and oxygen atoms in total. The van der Waals surface area contributed by atoms with Crippen LogP contribution in [0.25, 0.3) is 0 Å². The molecule has 0 saturated carbocycles. The number of rotatable bonds is 4. The van der Waals surface area contributed by atoms with Crippen molar-refractivity contribution in [2.75, 3.05) is 18.0 Å². The molecule has 0 bridgehead atoms. The number of piperidine rings is 1. The molecule has 2 rings (SSSR count). The fourth-order valence-corrected chi connectivity index (χ4v) is 3.81. The highest BCUT2D eigenvalue weighted by Gasteiger charge is 2.24. The molecule has 0 unspecified atom stereocenters. The zero-order valence-corrected chi connectivity index (χ0v) is 13.2. The normalized spacial score (nSPS) is 17.5. The van der Waals surface area contributed by atoms with Gasteiger partial charge >= 0.3 is 0 Å². The monoisotopic (exact) mass is 280 g/mol. The lowest BCUT2D eigenvalue weighted by atomic mass is 9.87. The van der Waals surface area contributed by atoms with Crippen LogP contribution in [0, 0.1) is 11.8 Å². The van der Waals surface area contributed by atoms with Crippen LogP contribution in [0.2, 0.25) is 0 Å². The minimum absolute atomic E-state index is 0.318. The first-order valence-corrected chi connectivity index (χ1v) is 8.05. The summed E-state index contributed by atoms with van der Waals surface area (Å²) in [4.78, 5) is 19.0. The Labute approximate surface area is 120 Å². The average molecular weight is 280 g/mol. The first-order valence-electron chi connectivity index (χ1n) is 7.23. The number of hydrogen-bond acceptors (Lipinski definition) is 4.